The first-order valence-electron chi connectivity index (χ1n) is 30.3. The van der Waals surface area contributed by atoms with Crippen LogP contribution in [0.25, 0.3) is 0 Å². The zero-order chi connectivity index (χ0) is 59.5. The molecule has 14 N–H and O–H groups in total. The lowest BCUT2D eigenvalue weighted by Gasteiger charge is -2.59. The van der Waals surface area contributed by atoms with Gasteiger partial charge in [0.05, 0.1) is 50.8 Å². The zero-order valence-electron chi connectivity index (χ0n) is 48.0. The highest BCUT2D eigenvalue weighted by atomic mass is 16.8. The van der Waals surface area contributed by atoms with Gasteiger partial charge in [0, 0.05) is 12.3 Å². The molecule has 0 amide bonds. The van der Waals surface area contributed by atoms with Crippen molar-refractivity contribution < 1.29 is 128 Å². The van der Waals surface area contributed by atoms with Crippen molar-refractivity contribution in [2.75, 3.05) is 26.4 Å². The summed E-state index contributed by atoms with van der Waals surface area (Å²) in [6, 6.07) is 0. The Morgan fingerprint density at radius 1 is 0.506 bits per heavy atom. The van der Waals surface area contributed by atoms with Crippen LogP contribution in [0.1, 0.15) is 99.3 Å². The third-order valence-electron chi connectivity index (χ3n) is 21.9. The molecule has 10 fully saturated rings. The molecule has 0 bridgehead atoms. The zero-order valence-corrected chi connectivity index (χ0v) is 48.0. The summed E-state index contributed by atoms with van der Waals surface area (Å²) in [5.41, 5.74) is 1.30. The maximum absolute atomic E-state index is 12.4. The van der Waals surface area contributed by atoms with Gasteiger partial charge in [0.2, 0.25) is 0 Å². The number of ether oxygens (including phenoxy) is 12. The van der Waals surface area contributed by atoms with E-state index in [1.54, 1.807) is 0 Å². The smallest absolute Gasteiger partial charge is 0.187 e. The van der Waals surface area contributed by atoms with Crippen molar-refractivity contribution in [1.29, 1.82) is 0 Å². The third-order valence-corrected chi connectivity index (χ3v) is 21.9. The first kappa shape index (κ1) is 63.3. The van der Waals surface area contributed by atoms with Crippen LogP contribution in [0.5, 0.6) is 0 Å². The summed E-state index contributed by atoms with van der Waals surface area (Å²) in [5.74, 6) is 2.23. The largest absolute Gasteiger partial charge is 0.394 e. The van der Waals surface area contributed by atoms with Crippen LogP contribution in [0.15, 0.2) is 11.6 Å². The van der Waals surface area contributed by atoms with Gasteiger partial charge < -0.3 is 128 Å². The summed E-state index contributed by atoms with van der Waals surface area (Å²) in [4.78, 5) is 0. The Morgan fingerprint density at radius 3 is 1.67 bits per heavy atom. The van der Waals surface area contributed by atoms with Crippen LogP contribution >= 0.6 is 0 Å². The topological polar surface area (TPSA) is 394 Å². The monoisotopic (exact) mass is 1190 g/mol. The van der Waals surface area contributed by atoms with Crippen LogP contribution in [-0.4, -0.2) is 269 Å². The van der Waals surface area contributed by atoms with E-state index >= 15 is 0 Å². The lowest BCUT2D eigenvalue weighted by molar-refractivity contribution is -0.398. The molecule has 0 radical (unpaired) electrons. The third kappa shape index (κ3) is 11.0. The van der Waals surface area contributed by atoms with Crippen molar-refractivity contribution in [3.05, 3.63) is 11.6 Å². The van der Waals surface area contributed by atoms with E-state index in [0.717, 1.165) is 51.6 Å². The van der Waals surface area contributed by atoms with Crippen LogP contribution < -0.4 is 0 Å². The lowest BCUT2D eigenvalue weighted by Crippen LogP contribution is -2.68. The molecule has 0 aromatic carbocycles. The first-order chi connectivity index (χ1) is 39.4. The molecule has 26 heteroatoms. The second-order valence-electron chi connectivity index (χ2n) is 26.7. The highest BCUT2D eigenvalue weighted by molar-refractivity contribution is 5.26. The Kier molecular flexibility index (Phi) is 18.7. The van der Waals surface area contributed by atoms with Crippen LogP contribution in [0.3, 0.4) is 0 Å². The standard InChI is InChI=1S/C57H92O26/c1-21-9-14-57(72-20-21)22(2)34-30(83-57)16-29-27-8-7-25-15-26(10-12-55(25,5)28(27)11-13-56(29,34)6)75-54-49(82-50-41(67)37(63)35(61)23(3)73-50)45(71)48(33(19-60)78-54)81-53-44(70)40(66)47(32(18-59)77-53)80-51-43(69)39(65)46(24(4)74-51)79-52-42(68)38(64)36(62)31(17-58)76-52/h7,21-24,26-54,58-71H,8-20H2,1-6H3/t21-,22+,23+,24+,26+,27-,28+,29+,30+,31-,32-,33-,34+,35+,36-,37-,38+,39+,40-,41-,42-,43-,44-,45+,46+,47-,48-,49-,50+,51+,52+,53+,54-,55+,56+,57-/m1/s1. The molecule has 1 spiro atoms. The maximum Gasteiger partial charge on any atom is 0.187 e. The maximum atomic E-state index is 12.4. The second-order valence-corrected chi connectivity index (χ2v) is 26.7. The van der Waals surface area contributed by atoms with Crippen molar-refractivity contribution in [1.82, 2.24) is 0 Å². The number of aliphatic hydroxyl groups is 14. The van der Waals surface area contributed by atoms with Crippen LogP contribution in [-0.2, 0) is 56.8 Å². The van der Waals surface area contributed by atoms with E-state index in [2.05, 4.69) is 33.8 Å². The van der Waals surface area contributed by atoms with Gasteiger partial charge in [0.15, 0.2) is 37.2 Å². The number of fused-ring (bicyclic) bond motifs is 7. The van der Waals surface area contributed by atoms with Gasteiger partial charge in [-0.25, -0.2) is 0 Å². The van der Waals surface area contributed by atoms with E-state index < -0.39 is 185 Å². The van der Waals surface area contributed by atoms with Crippen molar-refractivity contribution in [3.8, 4) is 0 Å². The van der Waals surface area contributed by atoms with E-state index in [1.807, 2.05) is 0 Å². The summed E-state index contributed by atoms with van der Waals surface area (Å²) in [6.45, 7) is 10.6. The Balaban J connectivity index is 0.761. The molecule has 7 saturated heterocycles. The average molecular weight is 1190 g/mol. The van der Waals surface area contributed by atoms with Crippen molar-refractivity contribution in [2.45, 2.75) is 271 Å². The molecule has 4 aliphatic carbocycles. The fourth-order valence-corrected chi connectivity index (χ4v) is 17.0. The predicted octanol–water partition coefficient (Wildman–Crippen LogP) is -3.11. The van der Waals surface area contributed by atoms with Crippen LogP contribution in [0.2, 0.25) is 0 Å². The molecular formula is C57H92O26. The van der Waals surface area contributed by atoms with Gasteiger partial charge in [-0.1, -0.05) is 39.3 Å². The highest BCUT2D eigenvalue weighted by Crippen LogP contribution is 2.71. The Hall–Kier alpha value is -1.30. The SMILES string of the molecule is C[C@@H]1CC[C@@]2(OC1)O[C@H]1C[C@H]3[C@@H]4CC=C5C[C@@H](O[C@@H]6O[C@H](CO)[C@@H](O[C@@H]7O[C@H](CO)[C@@H](O[C@@H]8O[C@@H](C)[C@H](O[C@@H]9O[C@H](CO)[C@@H](O)[C@H](O)[C@H]9O)[C@@H](O)[C@H]8O)[C@H](O)[C@H]7O)[C@H](O)[C@H]6O[C@@H]6O[C@@H](C)[C@H](O)[C@@H](O)[C@H]6O)CC[C@]5(C)[C@H]4CC[C@]3(C)[C@H]1[C@@H]2C. The molecule has 7 heterocycles. The minimum Gasteiger partial charge on any atom is -0.394 e. The molecule has 26 nitrogen and oxygen atoms in total. The van der Waals surface area contributed by atoms with E-state index in [9.17, 15) is 71.5 Å². The minimum absolute atomic E-state index is 0.108. The molecule has 11 rings (SSSR count). The molecule has 476 valence electrons. The van der Waals surface area contributed by atoms with Crippen molar-refractivity contribution >= 4 is 0 Å². The normalized spacial score (nSPS) is 57.3. The van der Waals surface area contributed by atoms with Crippen molar-refractivity contribution in [2.24, 2.45) is 46.3 Å². The summed E-state index contributed by atoms with van der Waals surface area (Å²) < 4.78 is 73.7. The Morgan fingerprint density at radius 2 is 1.05 bits per heavy atom. The van der Waals surface area contributed by atoms with Gasteiger partial charge in [-0.15, -0.1) is 0 Å². The summed E-state index contributed by atoms with van der Waals surface area (Å²) in [6.07, 6.45) is -31.4. The van der Waals surface area contributed by atoms with Gasteiger partial charge in [0.25, 0.3) is 0 Å². The van der Waals surface area contributed by atoms with Crippen LogP contribution in [0.4, 0.5) is 0 Å². The van der Waals surface area contributed by atoms with Gasteiger partial charge in [-0.05, 0) is 106 Å². The molecular weight excluding hydrogens is 1100 g/mol. The molecule has 36 atom stereocenters. The quantitative estimate of drug-likeness (QED) is 0.0812. The number of aliphatic hydroxyl groups excluding tert-OH is 14. The van der Waals surface area contributed by atoms with E-state index in [1.165, 1.54) is 19.4 Å². The van der Waals surface area contributed by atoms with E-state index in [4.69, 9.17) is 56.8 Å². The van der Waals surface area contributed by atoms with Gasteiger partial charge >= 0.3 is 0 Å². The number of rotatable bonds is 13. The summed E-state index contributed by atoms with van der Waals surface area (Å²) in [7, 11) is 0. The predicted molar refractivity (Wildman–Crippen MR) is 278 cm³/mol. The fraction of sp³-hybridized carbons (Fsp3) is 0.965. The van der Waals surface area contributed by atoms with E-state index in [-0.39, 0.29) is 16.9 Å². The number of allylic oxidation sites excluding steroid dienone is 1. The van der Waals surface area contributed by atoms with Gasteiger partial charge in [-0.2, -0.15) is 0 Å². The first-order valence-corrected chi connectivity index (χ1v) is 30.3. The summed E-state index contributed by atoms with van der Waals surface area (Å²) >= 11 is 0. The Labute approximate surface area is 482 Å². The van der Waals surface area contributed by atoms with Crippen molar-refractivity contribution in [3.63, 3.8) is 0 Å². The number of hydrogen-bond donors (Lipinski definition) is 14. The molecule has 0 aromatic rings. The molecule has 83 heavy (non-hydrogen) atoms. The molecule has 0 aromatic heterocycles. The van der Waals surface area contributed by atoms with Crippen LogP contribution in [0, 0.1) is 46.3 Å². The lowest BCUT2D eigenvalue weighted by atomic mass is 9.47. The molecule has 3 saturated carbocycles. The molecule has 0 unspecified atom stereocenters. The fourth-order valence-electron chi connectivity index (χ4n) is 17.0. The molecule has 11 aliphatic rings. The van der Waals surface area contributed by atoms with Gasteiger partial charge in [-0.3, -0.25) is 0 Å². The van der Waals surface area contributed by atoms with E-state index in [0.29, 0.717) is 48.3 Å². The highest BCUT2D eigenvalue weighted by Gasteiger charge is 2.69. The minimum atomic E-state index is -2.05. The molecule has 7 aliphatic heterocycles. The average Bonchev–Trinajstić information content (AvgIpc) is 1.64. The van der Waals surface area contributed by atoms with Gasteiger partial charge in [0.1, 0.15) is 110 Å². The summed E-state index contributed by atoms with van der Waals surface area (Å²) in [5, 5.41) is 153. The Bertz CT molecular complexity index is 2220. The number of hydrogen-bond acceptors (Lipinski definition) is 26. The second kappa shape index (κ2) is 24.5.